The Bertz CT molecular complexity index is 934. The van der Waals surface area contributed by atoms with Crippen LogP contribution in [0.4, 0.5) is 0 Å². The fourth-order valence-corrected chi connectivity index (χ4v) is 2.34. The highest BCUT2D eigenvalue weighted by molar-refractivity contribution is 6.32. The molecule has 23 heavy (non-hydrogen) atoms. The number of carbonyl (C=O) groups excluding carboxylic acids is 1. The highest BCUT2D eigenvalue weighted by Crippen LogP contribution is 2.25. The van der Waals surface area contributed by atoms with Crippen LogP contribution in [0.3, 0.4) is 0 Å². The van der Waals surface area contributed by atoms with Crippen molar-refractivity contribution in [3.63, 3.8) is 0 Å². The van der Waals surface area contributed by atoms with Crippen molar-refractivity contribution in [3.05, 3.63) is 74.9 Å². The fourth-order valence-electron chi connectivity index (χ4n) is 2.18. The van der Waals surface area contributed by atoms with Gasteiger partial charge in [-0.15, -0.1) is 0 Å². The summed E-state index contributed by atoms with van der Waals surface area (Å²) in [5.41, 5.74) is 1.58. The first-order valence-corrected chi connectivity index (χ1v) is 7.22. The first-order chi connectivity index (χ1) is 11.0. The Balaban J connectivity index is 1.92. The monoisotopic (exact) mass is 329 g/mol. The van der Waals surface area contributed by atoms with Crippen molar-refractivity contribution in [2.75, 3.05) is 0 Å². The maximum Gasteiger partial charge on any atom is 0.340 e. The van der Waals surface area contributed by atoms with E-state index in [1.165, 1.54) is 12.3 Å². The topological polar surface area (TPSA) is 69.4 Å². The van der Waals surface area contributed by atoms with Crippen molar-refractivity contribution in [1.29, 1.82) is 0 Å². The van der Waals surface area contributed by atoms with Gasteiger partial charge in [-0.2, -0.15) is 0 Å². The van der Waals surface area contributed by atoms with Crippen molar-refractivity contribution in [1.82, 2.24) is 4.98 Å². The Morgan fingerprint density at radius 3 is 2.91 bits per heavy atom. The van der Waals surface area contributed by atoms with E-state index in [1.807, 2.05) is 6.92 Å². The Hall–Kier alpha value is -2.66. The van der Waals surface area contributed by atoms with E-state index in [0.717, 1.165) is 5.56 Å². The van der Waals surface area contributed by atoms with Crippen LogP contribution in [0.5, 0.6) is 0 Å². The quantitative estimate of drug-likeness (QED) is 0.543. The van der Waals surface area contributed by atoms with Crippen LogP contribution < -0.4 is 5.63 Å². The molecule has 0 aliphatic carbocycles. The van der Waals surface area contributed by atoms with Crippen LogP contribution in [0.2, 0.25) is 5.02 Å². The van der Waals surface area contributed by atoms with Gasteiger partial charge in [0.25, 0.3) is 0 Å². The summed E-state index contributed by atoms with van der Waals surface area (Å²) in [5.74, 6) is -0.516. The largest absolute Gasteiger partial charge is 0.457 e. The van der Waals surface area contributed by atoms with E-state index in [9.17, 15) is 9.59 Å². The van der Waals surface area contributed by atoms with Gasteiger partial charge in [-0.1, -0.05) is 11.6 Å². The Labute approximate surface area is 136 Å². The van der Waals surface area contributed by atoms with Gasteiger partial charge in [0.1, 0.15) is 12.2 Å². The molecule has 0 saturated heterocycles. The van der Waals surface area contributed by atoms with Crippen LogP contribution in [-0.4, -0.2) is 11.0 Å². The molecule has 6 heteroatoms. The molecule has 0 aliphatic heterocycles. The van der Waals surface area contributed by atoms with E-state index in [2.05, 4.69) is 4.98 Å². The zero-order valence-electron chi connectivity index (χ0n) is 12.2. The zero-order chi connectivity index (χ0) is 16.4. The number of halogens is 1. The van der Waals surface area contributed by atoms with Crippen LogP contribution >= 0.6 is 11.6 Å². The van der Waals surface area contributed by atoms with E-state index < -0.39 is 11.6 Å². The number of esters is 1. The van der Waals surface area contributed by atoms with Gasteiger partial charge in [0.05, 0.1) is 5.56 Å². The smallest absolute Gasteiger partial charge is 0.340 e. The number of nitrogens with zero attached hydrogens (tertiary/aromatic N) is 1. The van der Waals surface area contributed by atoms with Crippen molar-refractivity contribution in [3.8, 4) is 0 Å². The van der Waals surface area contributed by atoms with Gasteiger partial charge in [-0.05, 0) is 36.8 Å². The average molecular weight is 330 g/mol. The lowest BCUT2D eigenvalue weighted by Gasteiger charge is -2.08. The molecule has 5 nitrogen and oxygen atoms in total. The van der Waals surface area contributed by atoms with Crippen molar-refractivity contribution in [2.45, 2.75) is 13.5 Å². The minimum Gasteiger partial charge on any atom is -0.457 e. The molecule has 0 radical (unpaired) electrons. The highest BCUT2D eigenvalue weighted by Gasteiger charge is 2.12. The van der Waals surface area contributed by atoms with Gasteiger partial charge in [-0.25, -0.2) is 9.59 Å². The Kier molecular flexibility index (Phi) is 4.12. The molecule has 1 aromatic carbocycles. The number of aromatic nitrogens is 1. The predicted molar refractivity (Wildman–Crippen MR) is 85.6 cm³/mol. The van der Waals surface area contributed by atoms with E-state index in [0.29, 0.717) is 27.1 Å². The number of aryl methyl sites for hydroxylation is 1. The first kappa shape index (κ1) is 15.2. The lowest BCUT2D eigenvalue weighted by molar-refractivity contribution is 0.0473. The second-order valence-electron chi connectivity index (χ2n) is 5.01. The number of benzene rings is 1. The fraction of sp³-hybridized carbons (Fsp3) is 0.118. The molecule has 0 atom stereocenters. The highest BCUT2D eigenvalue weighted by atomic mass is 35.5. The maximum atomic E-state index is 12.0. The third kappa shape index (κ3) is 3.24. The first-order valence-electron chi connectivity index (χ1n) is 6.84. The summed E-state index contributed by atoms with van der Waals surface area (Å²) >= 11 is 6.12. The van der Waals surface area contributed by atoms with E-state index >= 15 is 0 Å². The van der Waals surface area contributed by atoms with Gasteiger partial charge in [0, 0.05) is 34.4 Å². The molecule has 0 N–H and O–H groups in total. The average Bonchev–Trinajstić information content (AvgIpc) is 2.55. The summed E-state index contributed by atoms with van der Waals surface area (Å²) in [6.07, 6.45) is 2.98. The standard InChI is InChI=1S/C17H12ClNO4/c1-10-5-15-13(7-14(10)18)12(6-16(20)23-15)9-22-17(21)11-3-2-4-19-8-11/h2-8H,9H2,1H3. The molecule has 3 aromatic rings. The maximum absolute atomic E-state index is 12.0. The lowest BCUT2D eigenvalue weighted by Crippen LogP contribution is -2.08. The molecule has 3 rings (SSSR count). The molecule has 0 unspecified atom stereocenters. The number of ether oxygens (including phenoxy) is 1. The SMILES string of the molecule is Cc1cc2oc(=O)cc(COC(=O)c3cccnc3)c2cc1Cl. The van der Waals surface area contributed by atoms with Crippen LogP contribution in [0, 0.1) is 6.92 Å². The van der Waals surface area contributed by atoms with Gasteiger partial charge in [-0.3, -0.25) is 4.98 Å². The molecule has 0 fully saturated rings. The number of hydrogen-bond donors (Lipinski definition) is 0. The van der Waals surface area contributed by atoms with E-state index in [4.69, 9.17) is 20.8 Å². The third-order valence-corrected chi connectivity index (χ3v) is 3.77. The van der Waals surface area contributed by atoms with Gasteiger partial charge in [0.2, 0.25) is 0 Å². The van der Waals surface area contributed by atoms with Crippen LogP contribution in [0.25, 0.3) is 11.0 Å². The number of hydrogen-bond acceptors (Lipinski definition) is 5. The van der Waals surface area contributed by atoms with Crippen LogP contribution in [-0.2, 0) is 11.3 Å². The minimum atomic E-state index is -0.516. The Morgan fingerprint density at radius 1 is 1.35 bits per heavy atom. The molecule has 0 saturated carbocycles. The van der Waals surface area contributed by atoms with E-state index in [-0.39, 0.29) is 6.61 Å². The van der Waals surface area contributed by atoms with Crippen LogP contribution in [0.1, 0.15) is 21.5 Å². The van der Waals surface area contributed by atoms with Gasteiger partial charge < -0.3 is 9.15 Å². The summed E-state index contributed by atoms with van der Waals surface area (Å²) in [4.78, 5) is 27.5. The van der Waals surface area contributed by atoms with Crippen LogP contribution in [0.15, 0.2) is 51.9 Å². The second-order valence-corrected chi connectivity index (χ2v) is 5.41. The van der Waals surface area contributed by atoms with Crippen molar-refractivity contribution < 1.29 is 13.9 Å². The normalized spacial score (nSPS) is 10.7. The van der Waals surface area contributed by atoms with Crippen molar-refractivity contribution in [2.24, 2.45) is 0 Å². The predicted octanol–water partition coefficient (Wildman–Crippen LogP) is 3.51. The molecular weight excluding hydrogens is 318 g/mol. The summed E-state index contributed by atoms with van der Waals surface area (Å²) in [6.45, 7) is 1.76. The molecule has 2 heterocycles. The number of rotatable bonds is 3. The number of carbonyl (C=O) groups is 1. The summed E-state index contributed by atoms with van der Waals surface area (Å²) in [7, 11) is 0. The molecule has 0 bridgehead atoms. The summed E-state index contributed by atoms with van der Waals surface area (Å²) in [5, 5.41) is 1.19. The third-order valence-electron chi connectivity index (χ3n) is 3.37. The van der Waals surface area contributed by atoms with E-state index in [1.54, 1.807) is 30.5 Å². The molecular formula is C17H12ClNO4. The lowest BCUT2D eigenvalue weighted by atomic mass is 10.1. The summed E-state index contributed by atoms with van der Waals surface area (Å²) < 4.78 is 10.4. The molecule has 0 spiro atoms. The van der Waals surface area contributed by atoms with Gasteiger partial charge >= 0.3 is 11.6 Å². The molecule has 0 amide bonds. The molecule has 0 aliphatic rings. The second kappa shape index (κ2) is 6.22. The Morgan fingerprint density at radius 2 is 2.17 bits per heavy atom. The molecule has 116 valence electrons. The molecule has 2 aromatic heterocycles. The number of fused-ring (bicyclic) bond motifs is 1. The number of pyridine rings is 1. The zero-order valence-corrected chi connectivity index (χ0v) is 13.0. The van der Waals surface area contributed by atoms with Gasteiger partial charge in [0.15, 0.2) is 0 Å². The summed E-state index contributed by atoms with van der Waals surface area (Å²) in [6, 6.07) is 7.93. The minimum absolute atomic E-state index is 0.0603. The van der Waals surface area contributed by atoms with Crippen molar-refractivity contribution >= 4 is 28.5 Å².